The number of para-hydroxylation sites is 1. The van der Waals surface area contributed by atoms with Gasteiger partial charge in [0.05, 0.1) is 6.61 Å². The fraction of sp³-hybridized carbons (Fsp3) is 0.333. The molecule has 0 aliphatic carbocycles. The monoisotopic (exact) mass is 231 g/mol. The molecule has 0 fully saturated rings. The summed E-state index contributed by atoms with van der Waals surface area (Å²) >= 11 is 0. The molecule has 84 valence electrons. The van der Waals surface area contributed by atoms with E-state index in [0.29, 0.717) is 5.75 Å². The van der Waals surface area contributed by atoms with Crippen molar-refractivity contribution in [2.24, 2.45) is 5.73 Å². The molecule has 15 heavy (non-hydrogen) atoms. The van der Waals surface area contributed by atoms with Crippen LogP contribution in [-0.4, -0.2) is 18.0 Å². The summed E-state index contributed by atoms with van der Waals surface area (Å²) in [5.41, 5.74) is 5.91. The maximum absolute atomic E-state index is 11.3. The normalized spacial score (nSPS) is 14.6. The highest BCUT2D eigenvalue weighted by Gasteiger charge is 2.22. The van der Waals surface area contributed by atoms with Crippen molar-refractivity contribution in [3.8, 4) is 5.75 Å². The number of phosphoric acid groups is 1. The largest absolute Gasteiger partial charge is 0.527 e. The molecule has 0 spiro atoms. The zero-order valence-electron chi connectivity index (χ0n) is 8.42. The predicted octanol–water partition coefficient (Wildman–Crippen LogP) is 1.45. The molecule has 1 aromatic carbocycles. The van der Waals surface area contributed by atoms with Crippen molar-refractivity contribution in [3.05, 3.63) is 29.8 Å². The van der Waals surface area contributed by atoms with E-state index >= 15 is 0 Å². The topological polar surface area (TPSA) is 81.8 Å². The van der Waals surface area contributed by atoms with Gasteiger partial charge in [0.1, 0.15) is 5.75 Å². The summed E-state index contributed by atoms with van der Waals surface area (Å²) in [5, 5.41) is 0. The second-order valence-corrected chi connectivity index (χ2v) is 4.33. The molecule has 0 saturated carbocycles. The first-order chi connectivity index (χ1) is 7.05. The van der Waals surface area contributed by atoms with Gasteiger partial charge in [-0.2, -0.15) is 0 Å². The van der Waals surface area contributed by atoms with E-state index in [-0.39, 0.29) is 13.2 Å². The molecule has 3 N–H and O–H groups in total. The summed E-state index contributed by atoms with van der Waals surface area (Å²) in [6, 6.07) is 6.90. The molecule has 0 saturated heterocycles. The van der Waals surface area contributed by atoms with Crippen LogP contribution in [0.15, 0.2) is 24.3 Å². The van der Waals surface area contributed by atoms with Crippen LogP contribution in [0, 0.1) is 6.92 Å². The lowest BCUT2D eigenvalue weighted by Crippen LogP contribution is -2.09. The maximum atomic E-state index is 11.3. The fourth-order valence-electron chi connectivity index (χ4n) is 0.978. The van der Waals surface area contributed by atoms with Gasteiger partial charge >= 0.3 is 7.82 Å². The van der Waals surface area contributed by atoms with E-state index in [1.165, 1.54) is 0 Å². The van der Waals surface area contributed by atoms with Crippen LogP contribution in [0.4, 0.5) is 0 Å². The number of nitrogens with two attached hydrogens (primary N) is 1. The van der Waals surface area contributed by atoms with Gasteiger partial charge in [0.15, 0.2) is 0 Å². The predicted molar refractivity (Wildman–Crippen MR) is 56.6 cm³/mol. The molecule has 6 heteroatoms. The third kappa shape index (κ3) is 4.01. The molecule has 0 bridgehead atoms. The van der Waals surface area contributed by atoms with Crippen LogP contribution in [0.5, 0.6) is 5.75 Å². The van der Waals surface area contributed by atoms with Gasteiger partial charge in [0.25, 0.3) is 0 Å². The van der Waals surface area contributed by atoms with Crippen LogP contribution in [0.25, 0.3) is 0 Å². The summed E-state index contributed by atoms with van der Waals surface area (Å²) in [4.78, 5) is 9.28. The van der Waals surface area contributed by atoms with E-state index in [4.69, 9.17) is 10.3 Å². The molecule has 1 unspecified atom stereocenters. The Hall–Kier alpha value is -0.870. The van der Waals surface area contributed by atoms with Crippen LogP contribution in [0.3, 0.4) is 0 Å². The lowest BCUT2D eigenvalue weighted by Gasteiger charge is -2.13. The smallest absolute Gasteiger partial charge is 0.404 e. The van der Waals surface area contributed by atoms with E-state index in [1.54, 1.807) is 25.1 Å². The maximum Gasteiger partial charge on any atom is 0.527 e. The van der Waals surface area contributed by atoms with E-state index < -0.39 is 7.82 Å². The third-order valence-corrected chi connectivity index (χ3v) is 2.62. The first-order valence-corrected chi connectivity index (χ1v) is 5.97. The van der Waals surface area contributed by atoms with Crippen molar-refractivity contribution in [3.63, 3.8) is 0 Å². The second-order valence-electron chi connectivity index (χ2n) is 2.95. The van der Waals surface area contributed by atoms with Gasteiger partial charge in [-0.3, -0.25) is 9.42 Å². The van der Waals surface area contributed by atoms with Crippen molar-refractivity contribution in [1.82, 2.24) is 0 Å². The van der Waals surface area contributed by atoms with E-state index in [1.807, 2.05) is 6.07 Å². The van der Waals surface area contributed by atoms with Gasteiger partial charge in [0, 0.05) is 6.54 Å². The SMILES string of the molecule is Cc1ccccc1OP(=O)(O)OCCN. The number of hydrogen-bond donors (Lipinski definition) is 2. The first-order valence-electron chi connectivity index (χ1n) is 4.48. The molecule has 0 amide bonds. The van der Waals surface area contributed by atoms with Gasteiger partial charge < -0.3 is 10.3 Å². The molecule has 0 aromatic heterocycles. The number of rotatable bonds is 5. The van der Waals surface area contributed by atoms with E-state index in [0.717, 1.165) is 5.56 Å². The second kappa shape index (κ2) is 5.28. The Morgan fingerprint density at radius 1 is 1.47 bits per heavy atom. The minimum absolute atomic E-state index is 0.0142. The van der Waals surface area contributed by atoms with Crippen molar-refractivity contribution >= 4 is 7.82 Å². The number of benzene rings is 1. The molecular formula is C9H14NO4P. The summed E-state index contributed by atoms with van der Waals surface area (Å²) in [6.45, 7) is 1.93. The molecule has 0 aliphatic heterocycles. The Morgan fingerprint density at radius 3 is 2.73 bits per heavy atom. The Labute approximate surface area is 88.4 Å². The zero-order valence-corrected chi connectivity index (χ0v) is 9.31. The van der Waals surface area contributed by atoms with Crippen LogP contribution in [0.1, 0.15) is 5.56 Å². The zero-order chi connectivity index (χ0) is 11.3. The van der Waals surface area contributed by atoms with Crippen molar-refractivity contribution < 1.29 is 18.5 Å². The van der Waals surface area contributed by atoms with Gasteiger partial charge in [0.2, 0.25) is 0 Å². The quantitative estimate of drug-likeness (QED) is 0.749. The summed E-state index contributed by atoms with van der Waals surface area (Å²) in [7, 11) is -4.04. The molecule has 1 rings (SSSR count). The molecule has 0 heterocycles. The van der Waals surface area contributed by atoms with Crippen molar-refractivity contribution in [1.29, 1.82) is 0 Å². The molecule has 1 atom stereocenters. The Kier molecular flexibility index (Phi) is 4.29. The van der Waals surface area contributed by atoms with Gasteiger partial charge in [-0.15, -0.1) is 0 Å². The number of phosphoric ester groups is 1. The van der Waals surface area contributed by atoms with E-state index in [9.17, 15) is 9.46 Å². The standard InChI is InChI=1S/C9H14NO4P/c1-8-4-2-3-5-9(8)14-15(11,12)13-7-6-10/h2-5H,6-7,10H2,1H3,(H,11,12). The van der Waals surface area contributed by atoms with Crippen molar-refractivity contribution in [2.75, 3.05) is 13.2 Å². The average Bonchev–Trinajstić information content (AvgIpc) is 2.18. The lowest BCUT2D eigenvalue weighted by molar-refractivity contribution is 0.208. The molecule has 0 radical (unpaired) electrons. The molecular weight excluding hydrogens is 217 g/mol. The van der Waals surface area contributed by atoms with Crippen LogP contribution in [0.2, 0.25) is 0 Å². The fourth-order valence-corrected chi connectivity index (χ4v) is 1.82. The highest BCUT2D eigenvalue weighted by Crippen LogP contribution is 2.44. The highest BCUT2D eigenvalue weighted by molar-refractivity contribution is 7.47. The van der Waals surface area contributed by atoms with Gasteiger partial charge in [-0.25, -0.2) is 4.57 Å². The minimum Gasteiger partial charge on any atom is -0.404 e. The number of aryl methyl sites for hydroxylation is 1. The van der Waals surface area contributed by atoms with Crippen LogP contribution < -0.4 is 10.3 Å². The summed E-state index contributed by atoms with van der Waals surface area (Å²) in [5.74, 6) is 0.334. The van der Waals surface area contributed by atoms with Gasteiger partial charge in [-0.1, -0.05) is 18.2 Å². The molecule has 1 aromatic rings. The minimum atomic E-state index is -4.04. The van der Waals surface area contributed by atoms with Crippen LogP contribution >= 0.6 is 7.82 Å². The first kappa shape index (κ1) is 12.2. The Bertz CT molecular complexity index is 369. The average molecular weight is 231 g/mol. The Balaban J connectivity index is 2.69. The summed E-state index contributed by atoms with van der Waals surface area (Å²) in [6.07, 6.45) is 0. The Morgan fingerprint density at radius 2 is 2.13 bits per heavy atom. The van der Waals surface area contributed by atoms with E-state index in [2.05, 4.69) is 4.52 Å². The van der Waals surface area contributed by atoms with Crippen LogP contribution in [-0.2, 0) is 9.09 Å². The van der Waals surface area contributed by atoms with Crippen molar-refractivity contribution in [2.45, 2.75) is 6.92 Å². The lowest BCUT2D eigenvalue weighted by atomic mass is 10.2. The molecule has 0 aliphatic rings. The molecule has 5 nitrogen and oxygen atoms in total. The number of hydrogen-bond acceptors (Lipinski definition) is 4. The van der Waals surface area contributed by atoms with Gasteiger partial charge in [-0.05, 0) is 18.6 Å². The highest BCUT2D eigenvalue weighted by atomic mass is 31.2. The summed E-state index contributed by atoms with van der Waals surface area (Å²) < 4.78 is 20.8. The third-order valence-electron chi connectivity index (χ3n) is 1.68.